The number of carbonyl (C=O) groups excluding carboxylic acids is 1. The fraction of sp³-hybridized carbons (Fsp3) is 0.235. The van der Waals surface area contributed by atoms with Gasteiger partial charge >= 0.3 is 5.69 Å². The van der Waals surface area contributed by atoms with E-state index >= 15 is 0 Å². The molecule has 0 fully saturated rings. The van der Waals surface area contributed by atoms with Crippen LogP contribution in [-0.2, 0) is 17.9 Å². The molecule has 0 aliphatic carbocycles. The Bertz CT molecular complexity index is 1040. The second-order valence-corrected chi connectivity index (χ2v) is 6.54. The minimum atomic E-state index is -0.560. The summed E-state index contributed by atoms with van der Waals surface area (Å²) in [5, 5.41) is 21.9. The van der Waals surface area contributed by atoms with E-state index in [1.54, 1.807) is 19.1 Å². The molecule has 0 saturated heterocycles. The summed E-state index contributed by atoms with van der Waals surface area (Å²) in [7, 11) is 0. The summed E-state index contributed by atoms with van der Waals surface area (Å²) in [4.78, 5) is 22.5. The fourth-order valence-electron chi connectivity index (χ4n) is 2.66. The van der Waals surface area contributed by atoms with Crippen molar-refractivity contribution in [1.29, 1.82) is 0 Å². The van der Waals surface area contributed by atoms with Gasteiger partial charge in [-0.25, -0.2) is 4.39 Å². The van der Waals surface area contributed by atoms with E-state index in [1.807, 2.05) is 0 Å². The molecule has 1 N–H and O–H groups in total. The van der Waals surface area contributed by atoms with Crippen LogP contribution in [0.15, 0.2) is 30.5 Å². The third-order valence-corrected chi connectivity index (χ3v) is 4.40. The number of halogens is 2. The van der Waals surface area contributed by atoms with Crippen molar-refractivity contribution in [1.82, 2.24) is 19.6 Å². The number of benzene rings is 1. The first kappa shape index (κ1) is 19.5. The van der Waals surface area contributed by atoms with Gasteiger partial charge in [-0.3, -0.25) is 24.3 Å². The van der Waals surface area contributed by atoms with E-state index < -0.39 is 16.6 Å². The normalized spacial score (nSPS) is 10.9. The van der Waals surface area contributed by atoms with Crippen molar-refractivity contribution in [2.75, 3.05) is 5.32 Å². The van der Waals surface area contributed by atoms with Crippen LogP contribution in [0.25, 0.3) is 0 Å². The molecule has 0 unspecified atom stereocenters. The van der Waals surface area contributed by atoms with E-state index in [4.69, 9.17) is 11.6 Å². The number of aromatic nitrogens is 4. The van der Waals surface area contributed by atoms with Gasteiger partial charge in [-0.1, -0.05) is 17.7 Å². The summed E-state index contributed by atoms with van der Waals surface area (Å²) < 4.78 is 16.7. The fourth-order valence-corrected chi connectivity index (χ4v) is 2.88. The highest BCUT2D eigenvalue weighted by Crippen LogP contribution is 2.21. The second kappa shape index (κ2) is 7.77. The number of nitrogens with zero attached hydrogens (tertiary/aromatic N) is 5. The van der Waals surface area contributed by atoms with Gasteiger partial charge in [0.2, 0.25) is 5.91 Å². The lowest BCUT2D eigenvalue weighted by atomic mass is 10.2. The van der Waals surface area contributed by atoms with Crippen molar-refractivity contribution in [3.05, 3.63) is 68.4 Å². The van der Waals surface area contributed by atoms with Gasteiger partial charge < -0.3 is 5.32 Å². The smallest absolute Gasteiger partial charge is 0.308 e. The molecule has 0 radical (unpaired) electrons. The van der Waals surface area contributed by atoms with Crippen LogP contribution in [0.3, 0.4) is 0 Å². The standard InChI is InChI=1S/C17H16ClFN6O3/c1-10-6-16(22-24(10)7-12-13(18)4-3-5-14(12)19)20-17(26)9-23-8-15(25(27)28)11(2)21-23/h3-6,8H,7,9H2,1-2H3,(H,20,22,26). The second-order valence-electron chi connectivity index (χ2n) is 6.13. The maximum absolute atomic E-state index is 14.0. The number of carbonyl (C=O) groups is 1. The molecular weight excluding hydrogens is 391 g/mol. The van der Waals surface area contributed by atoms with Gasteiger partial charge in [0.25, 0.3) is 0 Å². The molecule has 28 heavy (non-hydrogen) atoms. The Labute approximate surface area is 163 Å². The minimum absolute atomic E-state index is 0.109. The Hall–Kier alpha value is -3.27. The van der Waals surface area contributed by atoms with Gasteiger partial charge in [0, 0.05) is 22.3 Å². The Morgan fingerprint density at radius 1 is 1.36 bits per heavy atom. The van der Waals surface area contributed by atoms with Crippen molar-refractivity contribution in [2.45, 2.75) is 26.9 Å². The summed E-state index contributed by atoms with van der Waals surface area (Å²) in [6, 6.07) is 6.05. The van der Waals surface area contributed by atoms with Crippen molar-refractivity contribution >= 4 is 29.0 Å². The first-order valence-corrected chi connectivity index (χ1v) is 8.58. The van der Waals surface area contributed by atoms with Gasteiger partial charge in [0.1, 0.15) is 24.3 Å². The molecule has 0 aliphatic heterocycles. The van der Waals surface area contributed by atoms with Crippen molar-refractivity contribution in [2.24, 2.45) is 0 Å². The third-order valence-electron chi connectivity index (χ3n) is 4.04. The van der Waals surface area contributed by atoms with Crippen LogP contribution in [-0.4, -0.2) is 30.4 Å². The quantitative estimate of drug-likeness (QED) is 0.500. The molecule has 0 bridgehead atoms. The van der Waals surface area contributed by atoms with Crippen LogP contribution < -0.4 is 5.32 Å². The zero-order valence-corrected chi connectivity index (χ0v) is 15.8. The molecule has 3 aromatic rings. The lowest BCUT2D eigenvalue weighted by Gasteiger charge is -2.07. The van der Waals surface area contributed by atoms with E-state index in [2.05, 4.69) is 15.5 Å². The predicted octanol–water partition coefficient (Wildman–Crippen LogP) is 3.08. The van der Waals surface area contributed by atoms with Crippen LogP contribution >= 0.6 is 11.6 Å². The first-order valence-electron chi connectivity index (χ1n) is 8.20. The molecule has 146 valence electrons. The third kappa shape index (κ3) is 4.17. The first-order chi connectivity index (χ1) is 13.2. The lowest BCUT2D eigenvalue weighted by molar-refractivity contribution is -0.385. The topological polar surface area (TPSA) is 108 Å². The zero-order valence-electron chi connectivity index (χ0n) is 15.0. The summed E-state index contributed by atoms with van der Waals surface area (Å²) in [6.45, 7) is 3.15. The molecule has 2 aromatic heterocycles. The number of amides is 1. The Balaban J connectivity index is 1.70. The summed E-state index contributed by atoms with van der Waals surface area (Å²) in [6.07, 6.45) is 1.19. The largest absolute Gasteiger partial charge is 0.309 e. The molecule has 1 aromatic carbocycles. The number of aryl methyl sites for hydroxylation is 2. The number of hydrogen-bond donors (Lipinski definition) is 1. The number of hydrogen-bond acceptors (Lipinski definition) is 5. The van der Waals surface area contributed by atoms with Crippen molar-refractivity contribution in [3.63, 3.8) is 0 Å². The van der Waals surface area contributed by atoms with Crippen LogP contribution in [0.1, 0.15) is 17.0 Å². The average molecular weight is 407 g/mol. The SMILES string of the molecule is Cc1nn(CC(=O)Nc2cc(C)n(Cc3c(F)cccc3Cl)n2)cc1[N+](=O)[O-]. The Morgan fingerprint density at radius 3 is 2.75 bits per heavy atom. The van der Waals surface area contributed by atoms with Gasteiger partial charge in [0.15, 0.2) is 5.82 Å². The highest BCUT2D eigenvalue weighted by Gasteiger charge is 2.17. The molecule has 1 amide bonds. The molecule has 11 heteroatoms. The Kier molecular flexibility index (Phi) is 5.41. The monoisotopic (exact) mass is 406 g/mol. The van der Waals surface area contributed by atoms with Gasteiger partial charge in [-0.15, -0.1) is 0 Å². The molecule has 0 saturated carbocycles. The molecular formula is C17H16ClFN6O3. The number of anilines is 1. The van der Waals surface area contributed by atoms with E-state index in [0.717, 1.165) is 0 Å². The summed E-state index contributed by atoms with van der Waals surface area (Å²) in [5.41, 5.74) is 1.06. The maximum Gasteiger partial charge on any atom is 0.309 e. The average Bonchev–Trinajstić information content (AvgIpc) is 3.13. The molecule has 9 nitrogen and oxygen atoms in total. The summed E-state index contributed by atoms with van der Waals surface area (Å²) in [5.74, 6) is -0.622. The van der Waals surface area contributed by atoms with Gasteiger partial charge in [0.05, 0.1) is 11.5 Å². The molecule has 3 rings (SSSR count). The molecule has 0 spiro atoms. The van der Waals surface area contributed by atoms with Crippen molar-refractivity contribution < 1.29 is 14.1 Å². The minimum Gasteiger partial charge on any atom is -0.308 e. The number of nitro groups is 1. The van der Waals surface area contributed by atoms with Gasteiger partial charge in [-0.2, -0.15) is 10.2 Å². The van der Waals surface area contributed by atoms with Gasteiger partial charge in [-0.05, 0) is 26.0 Å². The van der Waals surface area contributed by atoms with E-state index in [-0.39, 0.29) is 35.3 Å². The van der Waals surface area contributed by atoms with Crippen LogP contribution in [0.4, 0.5) is 15.9 Å². The molecule has 2 heterocycles. The van der Waals surface area contributed by atoms with Crippen LogP contribution in [0.2, 0.25) is 5.02 Å². The highest BCUT2D eigenvalue weighted by atomic mass is 35.5. The Morgan fingerprint density at radius 2 is 2.11 bits per heavy atom. The van der Waals surface area contributed by atoms with E-state index in [0.29, 0.717) is 11.3 Å². The predicted molar refractivity (Wildman–Crippen MR) is 99.7 cm³/mol. The maximum atomic E-state index is 14.0. The van der Waals surface area contributed by atoms with Crippen LogP contribution in [0, 0.1) is 29.8 Å². The molecule has 0 atom stereocenters. The summed E-state index contributed by atoms with van der Waals surface area (Å²) >= 11 is 6.04. The lowest BCUT2D eigenvalue weighted by Crippen LogP contribution is -2.19. The van der Waals surface area contributed by atoms with E-state index in [1.165, 1.54) is 34.6 Å². The number of rotatable bonds is 6. The number of nitrogens with one attached hydrogen (secondary N) is 1. The molecule has 0 aliphatic rings. The van der Waals surface area contributed by atoms with E-state index in [9.17, 15) is 19.3 Å². The zero-order chi connectivity index (χ0) is 20.4. The highest BCUT2D eigenvalue weighted by molar-refractivity contribution is 6.31. The van der Waals surface area contributed by atoms with Crippen LogP contribution in [0.5, 0.6) is 0 Å². The van der Waals surface area contributed by atoms with Crippen molar-refractivity contribution in [3.8, 4) is 0 Å².